The first-order valence-corrected chi connectivity index (χ1v) is 8.54. The molecule has 1 rings (SSSR count). The van der Waals surface area contributed by atoms with Crippen molar-refractivity contribution >= 4 is 5.97 Å². The molecule has 124 valence electrons. The minimum Gasteiger partial charge on any atom is -0.465 e. The number of likely N-dealkylation sites (N-methyl/N-ethyl adjacent to an activating group) is 1. The summed E-state index contributed by atoms with van der Waals surface area (Å²) in [6.07, 6.45) is 5.72. The molecule has 1 heterocycles. The lowest BCUT2D eigenvalue weighted by molar-refractivity contribution is -0.150. The highest BCUT2D eigenvalue weighted by Crippen LogP contribution is 2.24. The van der Waals surface area contributed by atoms with E-state index in [1.54, 1.807) is 0 Å². The second-order valence-electron chi connectivity index (χ2n) is 6.75. The fraction of sp³-hybridized carbons (Fsp3) is 0.941. The quantitative estimate of drug-likeness (QED) is 0.525. The summed E-state index contributed by atoms with van der Waals surface area (Å²) in [5.74, 6) is 0.614. The maximum Gasteiger partial charge on any atom is 0.326 e. The molecular weight excluding hydrogens is 264 g/mol. The van der Waals surface area contributed by atoms with Gasteiger partial charge in [-0.15, -0.1) is 0 Å². The molecule has 4 nitrogen and oxygen atoms in total. The van der Waals surface area contributed by atoms with Crippen molar-refractivity contribution in [1.29, 1.82) is 0 Å². The van der Waals surface area contributed by atoms with E-state index in [1.165, 1.54) is 19.4 Å². The molecule has 0 amide bonds. The zero-order valence-electron chi connectivity index (χ0n) is 14.6. The van der Waals surface area contributed by atoms with Gasteiger partial charge in [0.2, 0.25) is 0 Å². The van der Waals surface area contributed by atoms with Crippen LogP contribution in [-0.4, -0.2) is 49.2 Å². The lowest BCUT2D eigenvalue weighted by atomic mass is 9.95. The lowest BCUT2D eigenvalue weighted by Crippen LogP contribution is -2.48. The standard InChI is InChI=1S/C17H34N2O2/c1-6-21-16(20)17(4,18-5)11-7-8-12-19-13-9-10-15(19)14(2)3/h14-15,18H,6-13H2,1-5H3. The first-order chi connectivity index (χ1) is 9.94. The van der Waals surface area contributed by atoms with Crippen LogP contribution in [0.3, 0.4) is 0 Å². The number of hydrogen-bond acceptors (Lipinski definition) is 4. The number of nitrogens with zero attached hydrogens (tertiary/aromatic N) is 1. The summed E-state index contributed by atoms with van der Waals surface area (Å²) in [5, 5.41) is 3.13. The van der Waals surface area contributed by atoms with Gasteiger partial charge in [-0.3, -0.25) is 4.79 Å². The van der Waals surface area contributed by atoms with Gasteiger partial charge in [0.15, 0.2) is 0 Å². The molecule has 0 radical (unpaired) electrons. The monoisotopic (exact) mass is 298 g/mol. The predicted molar refractivity (Wildman–Crippen MR) is 87.4 cm³/mol. The molecule has 0 spiro atoms. The first-order valence-electron chi connectivity index (χ1n) is 8.54. The van der Waals surface area contributed by atoms with E-state index < -0.39 is 5.54 Å². The Morgan fingerprint density at radius 1 is 1.43 bits per heavy atom. The minimum absolute atomic E-state index is 0.131. The van der Waals surface area contributed by atoms with Gasteiger partial charge in [-0.2, -0.15) is 0 Å². The number of carbonyl (C=O) groups is 1. The van der Waals surface area contributed by atoms with Crippen LogP contribution in [-0.2, 0) is 9.53 Å². The van der Waals surface area contributed by atoms with E-state index in [0.717, 1.165) is 37.8 Å². The number of hydrogen-bond donors (Lipinski definition) is 1. The molecule has 2 unspecified atom stereocenters. The van der Waals surface area contributed by atoms with Crippen LogP contribution in [0.25, 0.3) is 0 Å². The average Bonchev–Trinajstić information content (AvgIpc) is 2.92. The van der Waals surface area contributed by atoms with Crippen molar-refractivity contribution in [1.82, 2.24) is 10.2 Å². The zero-order valence-corrected chi connectivity index (χ0v) is 14.6. The fourth-order valence-electron chi connectivity index (χ4n) is 3.30. The van der Waals surface area contributed by atoms with Crippen LogP contribution in [0.1, 0.15) is 59.8 Å². The summed E-state index contributed by atoms with van der Waals surface area (Å²) in [7, 11) is 1.84. The number of likely N-dealkylation sites (tertiary alicyclic amines) is 1. The smallest absolute Gasteiger partial charge is 0.326 e. The van der Waals surface area contributed by atoms with Crippen molar-refractivity contribution < 1.29 is 9.53 Å². The second-order valence-corrected chi connectivity index (χ2v) is 6.75. The Bertz CT molecular complexity index is 320. The third kappa shape index (κ3) is 5.26. The summed E-state index contributed by atoms with van der Waals surface area (Å²) in [4.78, 5) is 14.6. The van der Waals surface area contributed by atoms with Gasteiger partial charge >= 0.3 is 5.97 Å². The van der Waals surface area contributed by atoms with Crippen molar-refractivity contribution in [2.45, 2.75) is 71.4 Å². The SMILES string of the molecule is CCOC(=O)C(C)(CCCCN1CCCC1C(C)C)NC. The molecule has 1 aliphatic rings. The topological polar surface area (TPSA) is 41.6 Å². The van der Waals surface area contributed by atoms with E-state index in [1.807, 2.05) is 20.9 Å². The van der Waals surface area contributed by atoms with Crippen LogP contribution in [0.4, 0.5) is 0 Å². The van der Waals surface area contributed by atoms with E-state index in [2.05, 4.69) is 24.1 Å². The van der Waals surface area contributed by atoms with Crippen LogP contribution in [0.5, 0.6) is 0 Å². The third-order valence-corrected chi connectivity index (χ3v) is 4.83. The number of rotatable bonds is 9. The fourth-order valence-corrected chi connectivity index (χ4v) is 3.30. The molecule has 0 bridgehead atoms. The van der Waals surface area contributed by atoms with Gasteiger partial charge in [0, 0.05) is 6.04 Å². The molecule has 1 N–H and O–H groups in total. The van der Waals surface area contributed by atoms with Gasteiger partial charge in [0.05, 0.1) is 6.61 Å². The summed E-state index contributed by atoms with van der Waals surface area (Å²) in [5.41, 5.74) is -0.543. The Morgan fingerprint density at radius 3 is 2.71 bits per heavy atom. The van der Waals surface area contributed by atoms with Crippen molar-refractivity contribution in [2.24, 2.45) is 5.92 Å². The lowest BCUT2D eigenvalue weighted by Gasteiger charge is -2.29. The van der Waals surface area contributed by atoms with Gasteiger partial charge in [0.25, 0.3) is 0 Å². The van der Waals surface area contributed by atoms with Gasteiger partial charge in [-0.1, -0.05) is 13.8 Å². The number of unbranched alkanes of at least 4 members (excludes halogenated alkanes) is 1. The largest absolute Gasteiger partial charge is 0.465 e. The Morgan fingerprint density at radius 2 is 2.14 bits per heavy atom. The molecule has 2 atom stereocenters. The molecule has 21 heavy (non-hydrogen) atoms. The van der Waals surface area contributed by atoms with Gasteiger partial charge in [0.1, 0.15) is 5.54 Å². The number of carbonyl (C=O) groups excluding carboxylic acids is 1. The average molecular weight is 298 g/mol. The van der Waals surface area contributed by atoms with E-state index >= 15 is 0 Å². The van der Waals surface area contributed by atoms with E-state index in [9.17, 15) is 4.79 Å². The predicted octanol–water partition coefficient (Wildman–Crippen LogP) is 2.82. The molecule has 1 saturated heterocycles. The molecule has 1 aliphatic heterocycles. The summed E-state index contributed by atoms with van der Waals surface area (Å²) < 4.78 is 5.17. The van der Waals surface area contributed by atoms with Crippen molar-refractivity contribution in [3.05, 3.63) is 0 Å². The Balaban J connectivity index is 2.33. The highest BCUT2D eigenvalue weighted by Gasteiger charge is 2.32. The van der Waals surface area contributed by atoms with E-state index in [0.29, 0.717) is 6.61 Å². The van der Waals surface area contributed by atoms with Gasteiger partial charge in [-0.05, 0) is 72.0 Å². The molecule has 1 fully saturated rings. The Labute approximate surface area is 130 Å². The van der Waals surface area contributed by atoms with Crippen molar-refractivity contribution in [2.75, 3.05) is 26.7 Å². The van der Waals surface area contributed by atoms with Crippen molar-refractivity contribution in [3.8, 4) is 0 Å². The minimum atomic E-state index is -0.543. The van der Waals surface area contributed by atoms with Crippen LogP contribution in [0, 0.1) is 5.92 Å². The van der Waals surface area contributed by atoms with Crippen LogP contribution in [0.2, 0.25) is 0 Å². The molecule has 0 aromatic rings. The number of ether oxygens (including phenoxy) is 1. The van der Waals surface area contributed by atoms with Crippen molar-refractivity contribution in [3.63, 3.8) is 0 Å². The Hall–Kier alpha value is -0.610. The molecular formula is C17H34N2O2. The van der Waals surface area contributed by atoms with E-state index in [-0.39, 0.29) is 5.97 Å². The molecule has 0 aromatic heterocycles. The first kappa shape index (κ1) is 18.4. The maximum atomic E-state index is 12.0. The van der Waals surface area contributed by atoms with Gasteiger partial charge in [-0.25, -0.2) is 0 Å². The summed E-state index contributed by atoms with van der Waals surface area (Å²) in [6.45, 7) is 11.3. The summed E-state index contributed by atoms with van der Waals surface area (Å²) >= 11 is 0. The van der Waals surface area contributed by atoms with Crippen LogP contribution < -0.4 is 5.32 Å². The van der Waals surface area contributed by atoms with Crippen LogP contribution >= 0.6 is 0 Å². The van der Waals surface area contributed by atoms with Gasteiger partial charge < -0.3 is 15.0 Å². The second kappa shape index (κ2) is 8.74. The molecule has 4 heteroatoms. The normalized spacial score (nSPS) is 22.5. The third-order valence-electron chi connectivity index (χ3n) is 4.83. The zero-order chi connectivity index (χ0) is 15.9. The molecule has 0 aliphatic carbocycles. The Kier molecular flexibility index (Phi) is 7.67. The van der Waals surface area contributed by atoms with Crippen LogP contribution in [0.15, 0.2) is 0 Å². The highest BCUT2D eigenvalue weighted by molar-refractivity contribution is 5.80. The maximum absolute atomic E-state index is 12.0. The number of nitrogens with one attached hydrogen (secondary N) is 1. The number of esters is 1. The highest BCUT2D eigenvalue weighted by atomic mass is 16.5. The molecule has 0 aromatic carbocycles. The molecule has 0 saturated carbocycles. The van der Waals surface area contributed by atoms with E-state index in [4.69, 9.17) is 4.74 Å². The summed E-state index contributed by atoms with van der Waals surface area (Å²) in [6, 6.07) is 0.755.